The van der Waals surface area contributed by atoms with Crippen LogP contribution < -0.4 is 14.8 Å². The van der Waals surface area contributed by atoms with E-state index in [0.29, 0.717) is 13.0 Å². The molecule has 1 amide bonds. The van der Waals surface area contributed by atoms with Crippen molar-refractivity contribution < 1.29 is 22.3 Å². The van der Waals surface area contributed by atoms with Gasteiger partial charge >= 0.3 is 0 Å². The second kappa shape index (κ2) is 9.30. The molecule has 0 aliphatic heterocycles. The molecule has 0 aliphatic carbocycles. The first-order valence-electron chi connectivity index (χ1n) is 8.05. The van der Waals surface area contributed by atoms with Crippen LogP contribution in [0.15, 0.2) is 53.4 Å². The van der Waals surface area contributed by atoms with Gasteiger partial charge in [0.2, 0.25) is 15.9 Å². The van der Waals surface area contributed by atoms with Crippen LogP contribution in [0.1, 0.15) is 18.4 Å². The van der Waals surface area contributed by atoms with Gasteiger partial charge in [0.15, 0.2) is 0 Å². The topological polar surface area (TPSA) is 84.5 Å². The summed E-state index contributed by atoms with van der Waals surface area (Å²) in [4.78, 5) is 11.8. The second-order valence-corrected chi connectivity index (χ2v) is 7.35. The normalized spacial score (nSPS) is 11.2. The molecule has 2 aromatic carbocycles. The van der Waals surface area contributed by atoms with E-state index in [1.54, 1.807) is 7.11 Å². The number of hydrogen-bond acceptors (Lipinski definition) is 4. The predicted octanol–water partition coefficient (Wildman–Crippen LogP) is 2.21. The molecule has 2 N–H and O–H groups in total. The van der Waals surface area contributed by atoms with Crippen molar-refractivity contribution in [1.29, 1.82) is 0 Å². The molecule has 140 valence electrons. The van der Waals surface area contributed by atoms with Crippen LogP contribution in [0, 0.1) is 5.82 Å². The lowest BCUT2D eigenvalue weighted by molar-refractivity contribution is -0.121. The van der Waals surface area contributed by atoms with Gasteiger partial charge in [-0.1, -0.05) is 12.1 Å². The largest absolute Gasteiger partial charge is 0.497 e. The van der Waals surface area contributed by atoms with Gasteiger partial charge in [-0.25, -0.2) is 17.5 Å². The van der Waals surface area contributed by atoms with Gasteiger partial charge in [-0.05, 0) is 48.4 Å². The third kappa shape index (κ3) is 6.12. The summed E-state index contributed by atoms with van der Waals surface area (Å²) in [5, 5.41) is 2.77. The zero-order valence-electron chi connectivity index (χ0n) is 14.4. The zero-order valence-corrected chi connectivity index (χ0v) is 15.2. The van der Waals surface area contributed by atoms with Crippen molar-refractivity contribution in [2.24, 2.45) is 0 Å². The van der Waals surface area contributed by atoms with Gasteiger partial charge in [0, 0.05) is 19.5 Å². The Morgan fingerprint density at radius 3 is 2.35 bits per heavy atom. The Morgan fingerprint density at radius 1 is 1.08 bits per heavy atom. The predicted molar refractivity (Wildman–Crippen MR) is 95.7 cm³/mol. The number of carbonyl (C=O) groups is 1. The minimum atomic E-state index is -3.70. The van der Waals surface area contributed by atoms with Crippen LogP contribution in [-0.4, -0.2) is 28.0 Å². The van der Waals surface area contributed by atoms with E-state index in [2.05, 4.69) is 10.0 Å². The molecule has 0 saturated heterocycles. The number of nitrogens with one attached hydrogen (secondary N) is 2. The van der Waals surface area contributed by atoms with Crippen molar-refractivity contribution in [3.8, 4) is 5.75 Å². The van der Waals surface area contributed by atoms with E-state index in [1.807, 2.05) is 24.3 Å². The number of ether oxygens (including phenoxy) is 1. The van der Waals surface area contributed by atoms with Gasteiger partial charge in [0.05, 0.1) is 12.0 Å². The standard InChI is InChI=1S/C18H21FN2O4S/c1-25-16-8-4-14(5-9-16)13-20-18(22)3-2-12-21-26(23,24)17-10-6-15(19)7-11-17/h4-11,21H,2-3,12-13H2,1H3,(H,20,22). The van der Waals surface area contributed by atoms with Crippen LogP contribution in [-0.2, 0) is 21.4 Å². The Hall–Kier alpha value is -2.45. The molecule has 2 rings (SSSR count). The van der Waals surface area contributed by atoms with Crippen LogP contribution in [0.3, 0.4) is 0 Å². The summed E-state index contributed by atoms with van der Waals surface area (Å²) in [7, 11) is -2.11. The maximum atomic E-state index is 12.8. The highest BCUT2D eigenvalue weighted by atomic mass is 32.2. The van der Waals surface area contributed by atoms with Gasteiger partial charge in [0.1, 0.15) is 11.6 Å². The van der Waals surface area contributed by atoms with Gasteiger partial charge in [-0.2, -0.15) is 0 Å². The first-order chi connectivity index (χ1) is 12.4. The van der Waals surface area contributed by atoms with Gasteiger partial charge in [-0.3, -0.25) is 4.79 Å². The second-order valence-electron chi connectivity index (χ2n) is 5.58. The summed E-state index contributed by atoms with van der Waals surface area (Å²) >= 11 is 0. The van der Waals surface area contributed by atoms with Crippen LogP contribution in [0.2, 0.25) is 0 Å². The monoisotopic (exact) mass is 380 g/mol. The minimum Gasteiger partial charge on any atom is -0.497 e. The molecule has 6 nitrogen and oxygen atoms in total. The van der Waals surface area contributed by atoms with Crippen molar-refractivity contribution >= 4 is 15.9 Å². The number of hydrogen-bond donors (Lipinski definition) is 2. The molecule has 26 heavy (non-hydrogen) atoms. The third-order valence-electron chi connectivity index (χ3n) is 3.65. The summed E-state index contributed by atoms with van der Waals surface area (Å²) in [5.74, 6) is 0.0767. The molecule has 0 spiro atoms. The van der Waals surface area contributed by atoms with E-state index < -0.39 is 15.8 Å². The molecular formula is C18H21FN2O4S. The molecule has 2 aromatic rings. The van der Waals surface area contributed by atoms with E-state index >= 15 is 0 Å². The lowest BCUT2D eigenvalue weighted by Gasteiger charge is -2.08. The van der Waals surface area contributed by atoms with Crippen LogP contribution in [0.25, 0.3) is 0 Å². The fourth-order valence-electron chi connectivity index (χ4n) is 2.18. The molecule has 8 heteroatoms. The van der Waals surface area contributed by atoms with Crippen molar-refractivity contribution in [1.82, 2.24) is 10.0 Å². The molecule has 0 fully saturated rings. The van der Waals surface area contributed by atoms with Crippen molar-refractivity contribution in [2.75, 3.05) is 13.7 Å². The smallest absolute Gasteiger partial charge is 0.240 e. The van der Waals surface area contributed by atoms with Crippen molar-refractivity contribution in [3.63, 3.8) is 0 Å². The molecule has 0 atom stereocenters. The third-order valence-corrected chi connectivity index (χ3v) is 5.12. The number of halogens is 1. The lowest BCUT2D eigenvalue weighted by Crippen LogP contribution is -2.27. The summed E-state index contributed by atoms with van der Waals surface area (Å²) in [6, 6.07) is 11.9. The Kier molecular flexibility index (Phi) is 7.11. The van der Waals surface area contributed by atoms with Crippen molar-refractivity contribution in [3.05, 3.63) is 59.9 Å². The fourth-order valence-corrected chi connectivity index (χ4v) is 3.26. The first-order valence-corrected chi connectivity index (χ1v) is 9.54. The first kappa shape index (κ1) is 19.9. The molecule has 0 saturated carbocycles. The van der Waals surface area contributed by atoms with E-state index in [9.17, 15) is 17.6 Å². The zero-order chi connectivity index (χ0) is 19.0. The van der Waals surface area contributed by atoms with E-state index in [4.69, 9.17) is 4.74 Å². The van der Waals surface area contributed by atoms with Crippen LogP contribution >= 0.6 is 0 Å². The van der Waals surface area contributed by atoms with Gasteiger partial charge in [-0.15, -0.1) is 0 Å². The van der Waals surface area contributed by atoms with E-state index in [-0.39, 0.29) is 23.8 Å². The Bertz CT molecular complexity index is 821. The highest BCUT2D eigenvalue weighted by molar-refractivity contribution is 7.89. The maximum absolute atomic E-state index is 12.8. The van der Waals surface area contributed by atoms with Gasteiger partial charge in [0.25, 0.3) is 0 Å². The highest BCUT2D eigenvalue weighted by Gasteiger charge is 2.13. The number of methoxy groups -OCH3 is 1. The average Bonchev–Trinajstić information content (AvgIpc) is 2.64. The molecule has 0 unspecified atom stereocenters. The number of carbonyl (C=O) groups excluding carboxylic acids is 1. The van der Waals surface area contributed by atoms with Crippen LogP contribution in [0.4, 0.5) is 4.39 Å². The van der Waals surface area contributed by atoms with Gasteiger partial charge < -0.3 is 10.1 Å². The number of amides is 1. The van der Waals surface area contributed by atoms with Crippen LogP contribution in [0.5, 0.6) is 5.75 Å². The Balaban J connectivity index is 1.70. The Labute approximate surface area is 152 Å². The quantitative estimate of drug-likeness (QED) is 0.653. The molecule has 0 radical (unpaired) electrons. The molecule has 0 aromatic heterocycles. The lowest BCUT2D eigenvalue weighted by atomic mass is 10.2. The molecule has 0 aliphatic rings. The average molecular weight is 380 g/mol. The molecule has 0 bridgehead atoms. The van der Waals surface area contributed by atoms with E-state index in [1.165, 1.54) is 12.1 Å². The SMILES string of the molecule is COc1ccc(CNC(=O)CCCNS(=O)(=O)c2ccc(F)cc2)cc1. The summed E-state index contributed by atoms with van der Waals surface area (Å²) in [6.45, 7) is 0.514. The summed E-state index contributed by atoms with van der Waals surface area (Å²) in [5.41, 5.74) is 0.941. The minimum absolute atomic E-state index is 0.0112. The maximum Gasteiger partial charge on any atom is 0.240 e. The number of benzene rings is 2. The highest BCUT2D eigenvalue weighted by Crippen LogP contribution is 2.11. The van der Waals surface area contributed by atoms with E-state index in [0.717, 1.165) is 23.4 Å². The summed E-state index contributed by atoms with van der Waals surface area (Å²) < 4.78 is 44.3. The number of rotatable bonds is 9. The van der Waals surface area contributed by atoms with Crippen molar-refractivity contribution in [2.45, 2.75) is 24.3 Å². The molecular weight excluding hydrogens is 359 g/mol. The summed E-state index contributed by atoms with van der Waals surface area (Å²) in [6.07, 6.45) is 0.553. The number of sulfonamides is 1. The fraction of sp³-hybridized carbons (Fsp3) is 0.278. The Morgan fingerprint density at radius 2 is 1.73 bits per heavy atom. The molecule has 0 heterocycles.